The molecule has 2 aromatic rings. The molecule has 0 saturated carbocycles. The summed E-state index contributed by atoms with van der Waals surface area (Å²) in [7, 11) is 3.29. The first kappa shape index (κ1) is 24.7. The second-order valence-corrected chi connectivity index (χ2v) is 7.89. The number of nitrogens with one attached hydrogen (secondary N) is 1. The smallest absolute Gasteiger partial charge is 0.369 e. The first-order valence-corrected chi connectivity index (χ1v) is 10.8. The number of benzene rings is 2. The summed E-state index contributed by atoms with van der Waals surface area (Å²) in [5.74, 6) is -0.705. The highest BCUT2D eigenvalue weighted by atomic mass is 16.7. The van der Waals surface area contributed by atoms with Crippen molar-refractivity contribution in [2.24, 2.45) is 0 Å². The lowest BCUT2D eigenvalue weighted by atomic mass is 10.1. The first-order chi connectivity index (χ1) is 16.4. The SMILES string of the molecule is CN(C)C(=O)ON1CCN(c2ccc(C(=O)/C=C/c3ccc(/C=C/C(=O)NO)cc3)cc2)CC1. The third-order valence-electron chi connectivity index (χ3n) is 5.23. The highest BCUT2D eigenvalue weighted by Gasteiger charge is 2.21. The van der Waals surface area contributed by atoms with Gasteiger partial charge in [0.2, 0.25) is 0 Å². The molecule has 1 aliphatic rings. The maximum atomic E-state index is 12.5. The van der Waals surface area contributed by atoms with Gasteiger partial charge in [-0.2, -0.15) is 0 Å². The zero-order valence-corrected chi connectivity index (χ0v) is 19.2. The Hall–Kier alpha value is -3.95. The van der Waals surface area contributed by atoms with Crippen LogP contribution in [0.5, 0.6) is 0 Å². The maximum absolute atomic E-state index is 12.5. The Morgan fingerprint density at radius 3 is 1.97 bits per heavy atom. The van der Waals surface area contributed by atoms with Gasteiger partial charge in [-0.3, -0.25) is 14.8 Å². The molecule has 1 fully saturated rings. The number of carbonyl (C=O) groups excluding carboxylic acids is 3. The molecule has 0 aromatic heterocycles. The van der Waals surface area contributed by atoms with Crippen molar-refractivity contribution in [1.82, 2.24) is 15.4 Å². The van der Waals surface area contributed by atoms with Gasteiger partial charge >= 0.3 is 6.09 Å². The van der Waals surface area contributed by atoms with Crippen molar-refractivity contribution in [1.29, 1.82) is 0 Å². The van der Waals surface area contributed by atoms with E-state index in [2.05, 4.69) is 4.90 Å². The number of hydrogen-bond donors (Lipinski definition) is 2. The number of amides is 2. The summed E-state index contributed by atoms with van der Waals surface area (Å²) < 4.78 is 0. The number of piperazine rings is 1. The van der Waals surface area contributed by atoms with E-state index in [0.29, 0.717) is 31.7 Å². The summed E-state index contributed by atoms with van der Waals surface area (Å²) >= 11 is 0. The molecule has 0 atom stereocenters. The van der Waals surface area contributed by atoms with E-state index in [4.69, 9.17) is 10.0 Å². The van der Waals surface area contributed by atoms with Gasteiger partial charge in [0.05, 0.1) is 13.1 Å². The van der Waals surface area contributed by atoms with E-state index in [1.165, 1.54) is 22.5 Å². The van der Waals surface area contributed by atoms with Gasteiger partial charge in [0, 0.05) is 44.5 Å². The summed E-state index contributed by atoms with van der Waals surface area (Å²) in [4.78, 5) is 44.1. The molecule has 2 aromatic carbocycles. The molecule has 2 amide bonds. The molecule has 9 nitrogen and oxygen atoms in total. The summed E-state index contributed by atoms with van der Waals surface area (Å²) in [5, 5.41) is 10.2. The highest BCUT2D eigenvalue weighted by Crippen LogP contribution is 2.18. The summed E-state index contributed by atoms with van der Waals surface area (Å²) in [5.41, 5.74) is 4.77. The minimum Gasteiger partial charge on any atom is -0.369 e. The first-order valence-electron chi connectivity index (χ1n) is 10.8. The van der Waals surface area contributed by atoms with Crippen molar-refractivity contribution >= 4 is 35.6 Å². The van der Waals surface area contributed by atoms with Gasteiger partial charge in [0.25, 0.3) is 5.91 Å². The maximum Gasteiger partial charge on any atom is 0.428 e. The molecular weight excluding hydrogens is 436 g/mol. The fraction of sp³-hybridized carbons (Fsp3) is 0.240. The van der Waals surface area contributed by atoms with Crippen LogP contribution in [0.1, 0.15) is 21.5 Å². The van der Waals surface area contributed by atoms with E-state index < -0.39 is 5.91 Å². The molecule has 0 unspecified atom stereocenters. The van der Waals surface area contributed by atoms with Crippen molar-refractivity contribution in [2.45, 2.75) is 0 Å². The number of carbonyl (C=O) groups is 3. The van der Waals surface area contributed by atoms with Crippen LogP contribution in [0.15, 0.2) is 60.7 Å². The second kappa shape index (κ2) is 11.8. The van der Waals surface area contributed by atoms with E-state index in [0.717, 1.165) is 16.8 Å². The van der Waals surface area contributed by atoms with E-state index >= 15 is 0 Å². The average molecular weight is 465 g/mol. The second-order valence-electron chi connectivity index (χ2n) is 7.89. The lowest BCUT2D eigenvalue weighted by Crippen LogP contribution is -2.48. The molecule has 0 aliphatic carbocycles. The minimum atomic E-state index is -0.603. The zero-order chi connectivity index (χ0) is 24.5. The van der Waals surface area contributed by atoms with Gasteiger partial charge in [-0.15, -0.1) is 5.06 Å². The predicted molar refractivity (Wildman–Crippen MR) is 129 cm³/mol. The van der Waals surface area contributed by atoms with E-state index in [1.54, 1.807) is 55.6 Å². The minimum absolute atomic E-state index is 0.101. The van der Waals surface area contributed by atoms with Gasteiger partial charge in [0.15, 0.2) is 5.78 Å². The zero-order valence-electron chi connectivity index (χ0n) is 19.2. The molecule has 3 rings (SSSR count). The fourth-order valence-electron chi connectivity index (χ4n) is 3.26. The Kier molecular flexibility index (Phi) is 8.55. The number of rotatable bonds is 7. The van der Waals surface area contributed by atoms with Crippen molar-refractivity contribution in [3.05, 3.63) is 77.4 Å². The van der Waals surface area contributed by atoms with E-state index in [-0.39, 0.29) is 11.9 Å². The van der Waals surface area contributed by atoms with Crippen LogP contribution in [0, 0.1) is 0 Å². The highest BCUT2D eigenvalue weighted by molar-refractivity contribution is 6.07. The standard InChI is InChI=1S/C25H28N4O5/c1-27(2)25(32)34-29-17-15-28(16-18-29)22-11-9-21(10-12-22)23(30)13-7-19-3-5-20(6-4-19)8-14-24(31)26-33/h3-14,33H,15-18H2,1-2H3,(H,26,31)/b13-7+,14-8+. The molecule has 1 heterocycles. The molecule has 178 valence electrons. The topological polar surface area (TPSA) is 102 Å². The van der Waals surface area contributed by atoms with Gasteiger partial charge in [-0.05, 0) is 47.5 Å². The number of ketones is 1. The molecule has 0 spiro atoms. The predicted octanol–water partition coefficient (Wildman–Crippen LogP) is 2.84. The Balaban J connectivity index is 1.52. The normalized spacial score (nSPS) is 14.4. The molecule has 9 heteroatoms. The van der Waals surface area contributed by atoms with E-state index in [1.807, 2.05) is 24.3 Å². The van der Waals surface area contributed by atoms with Gasteiger partial charge in [0.1, 0.15) is 0 Å². The van der Waals surface area contributed by atoms with Crippen LogP contribution in [-0.2, 0) is 9.63 Å². The molecule has 0 radical (unpaired) electrons. The molecule has 2 N–H and O–H groups in total. The van der Waals surface area contributed by atoms with Crippen molar-refractivity contribution in [2.75, 3.05) is 45.2 Å². The quantitative estimate of drug-likeness (QED) is 0.281. The van der Waals surface area contributed by atoms with Crippen LogP contribution in [-0.4, -0.2) is 73.2 Å². The van der Waals surface area contributed by atoms with Crippen LogP contribution in [0.3, 0.4) is 0 Å². The van der Waals surface area contributed by atoms with E-state index in [9.17, 15) is 14.4 Å². The summed E-state index contributed by atoms with van der Waals surface area (Å²) in [6.07, 6.45) is 5.67. The van der Waals surface area contributed by atoms with Crippen molar-refractivity contribution in [3.63, 3.8) is 0 Å². The van der Waals surface area contributed by atoms with Crippen LogP contribution >= 0.6 is 0 Å². The third kappa shape index (κ3) is 7.03. The molecule has 1 aliphatic heterocycles. The van der Waals surface area contributed by atoms with Crippen molar-refractivity contribution < 1.29 is 24.4 Å². The third-order valence-corrected chi connectivity index (χ3v) is 5.23. The van der Waals surface area contributed by atoms with Gasteiger partial charge in [-0.25, -0.2) is 10.3 Å². The lowest BCUT2D eigenvalue weighted by molar-refractivity contribution is -0.124. The number of hydroxylamine groups is 3. The summed E-state index contributed by atoms with van der Waals surface area (Å²) in [6, 6.07) is 14.7. The Morgan fingerprint density at radius 2 is 1.44 bits per heavy atom. The Morgan fingerprint density at radius 1 is 0.882 bits per heavy atom. The molecular formula is C25H28N4O5. The molecule has 1 saturated heterocycles. The van der Waals surface area contributed by atoms with Crippen LogP contribution in [0.25, 0.3) is 12.2 Å². The monoisotopic (exact) mass is 464 g/mol. The summed E-state index contributed by atoms with van der Waals surface area (Å²) in [6.45, 7) is 2.63. The Labute approximate surface area is 198 Å². The van der Waals surface area contributed by atoms with Crippen LogP contribution < -0.4 is 10.4 Å². The fourth-order valence-corrected chi connectivity index (χ4v) is 3.26. The van der Waals surface area contributed by atoms with Crippen molar-refractivity contribution in [3.8, 4) is 0 Å². The largest absolute Gasteiger partial charge is 0.428 e. The van der Waals surface area contributed by atoms with Crippen LogP contribution in [0.4, 0.5) is 10.5 Å². The van der Waals surface area contributed by atoms with Gasteiger partial charge < -0.3 is 14.6 Å². The van der Waals surface area contributed by atoms with Crippen LogP contribution in [0.2, 0.25) is 0 Å². The average Bonchev–Trinajstić information content (AvgIpc) is 2.87. The number of hydrogen-bond acceptors (Lipinski definition) is 7. The lowest BCUT2D eigenvalue weighted by Gasteiger charge is -2.35. The van der Waals surface area contributed by atoms with Gasteiger partial charge in [-0.1, -0.05) is 30.3 Å². The number of allylic oxidation sites excluding steroid dienone is 1. The molecule has 34 heavy (non-hydrogen) atoms. The molecule has 0 bridgehead atoms. The number of nitrogens with zero attached hydrogens (tertiary/aromatic N) is 3. The Bertz CT molecular complexity index is 1050. The number of anilines is 1.